The number of amides is 1. The fourth-order valence-corrected chi connectivity index (χ4v) is 5.57. The Hall–Kier alpha value is -3.12. The summed E-state index contributed by atoms with van der Waals surface area (Å²) in [4.78, 5) is 23.5. The zero-order valence-electron chi connectivity index (χ0n) is 28.1. The second kappa shape index (κ2) is 18.3. The second-order valence-corrected chi connectivity index (χ2v) is 12.6. The van der Waals surface area contributed by atoms with Crippen molar-refractivity contribution in [1.82, 2.24) is 5.32 Å². The van der Waals surface area contributed by atoms with Gasteiger partial charge in [0.1, 0.15) is 6.10 Å². The number of carbonyl (C=O) groups is 2. The van der Waals surface area contributed by atoms with Crippen molar-refractivity contribution in [2.45, 2.75) is 96.8 Å². The number of allylic oxidation sites excluding steroid dienone is 9. The molecule has 0 spiro atoms. The smallest absolute Gasteiger partial charge is 0.328 e. The molecule has 256 valence electrons. The largest absolute Gasteiger partial charge is 0.478 e. The number of carboxylic acids is 1. The van der Waals surface area contributed by atoms with E-state index in [1.165, 1.54) is 6.08 Å². The van der Waals surface area contributed by atoms with E-state index in [0.29, 0.717) is 6.42 Å². The molecule has 9 atom stereocenters. The van der Waals surface area contributed by atoms with E-state index in [1.807, 2.05) is 58.9 Å². The third-order valence-corrected chi connectivity index (χ3v) is 8.78. The standard InChI is InChI=1S/C36H53NO9/c1-8-9-12-19-31-35(5,6)30(39)23-36(43,46-31)26(4)34(42)37-21-16-15-17-24(2)33(44-7)25(3)29-22-27(38)28(45-29)18-13-10-11-14-20-32(40)41/h8-20,25-31,33,38-39,43H,21-23H2,1-7H3,(H,37,42)(H,40,41)/b9-8-,11-10+,16-15+,18-13+,19-12+,20-14+,24-17+/t25?,26-,27?,28?,29?,30-,31-,33?,36-/m0/s1. The first-order valence-electron chi connectivity index (χ1n) is 15.8. The minimum absolute atomic E-state index is 0.0643. The summed E-state index contributed by atoms with van der Waals surface area (Å²) in [6.07, 6.45) is 19.2. The average molecular weight is 644 g/mol. The van der Waals surface area contributed by atoms with Crippen LogP contribution in [0.1, 0.15) is 54.4 Å². The lowest BCUT2D eigenvalue weighted by Gasteiger charge is -2.50. The molecule has 2 rings (SSSR count). The van der Waals surface area contributed by atoms with Crippen molar-refractivity contribution in [2.75, 3.05) is 13.7 Å². The molecular formula is C36H53NO9. The maximum Gasteiger partial charge on any atom is 0.328 e. The molecule has 0 aliphatic carbocycles. The predicted molar refractivity (Wildman–Crippen MR) is 178 cm³/mol. The van der Waals surface area contributed by atoms with E-state index in [9.17, 15) is 24.9 Å². The van der Waals surface area contributed by atoms with Crippen molar-refractivity contribution >= 4 is 11.9 Å². The summed E-state index contributed by atoms with van der Waals surface area (Å²) in [5.41, 5.74) is 0.295. The van der Waals surface area contributed by atoms with Crippen molar-refractivity contribution in [3.05, 3.63) is 84.6 Å². The van der Waals surface area contributed by atoms with Gasteiger partial charge < -0.3 is 40.0 Å². The van der Waals surface area contributed by atoms with E-state index in [0.717, 1.165) is 11.6 Å². The SMILES string of the molecule is C/C=C\C=C\[C@@H]1O[C@](O)([C@@H](C)C(=O)NC/C=C/C=C(\C)C(OC)C(C)C2CC(O)C(/C=C/C=C/C=C/C(=O)O)O2)C[C@H](O)C1(C)C. The first-order valence-corrected chi connectivity index (χ1v) is 15.8. The number of carboxylic acid groups (broad SMARTS) is 1. The maximum absolute atomic E-state index is 13.0. The number of carbonyl (C=O) groups excluding carboxylic acids is 1. The normalized spacial score (nSPS) is 31.2. The highest BCUT2D eigenvalue weighted by molar-refractivity contribution is 5.80. The number of aliphatic carboxylic acids is 1. The molecule has 0 bridgehead atoms. The van der Waals surface area contributed by atoms with Crippen molar-refractivity contribution in [3.63, 3.8) is 0 Å². The van der Waals surface area contributed by atoms with E-state index in [4.69, 9.17) is 19.3 Å². The molecule has 46 heavy (non-hydrogen) atoms. The Labute approximate surface area is 273 Å². The molecule has 2 aliphatic rings. The molecule has 10 heteroatoms. The van der Waals surface area contributed by atoms with E-state index >= 15 is 0 Å². The quantitative estimate of drug-likeness (QED) is 0.131. The van der Waals surface area contributed by atoms with Gasteiger partial charge in [0.25, 0.3) is 0 Å². The van der Waals surface area contributed by atoms with Crippen LogP contribution in [-0.2, 0) is 23.8 Å². The number of methoxy groups -OCH3 is 1. The highest BCUT2D eigenvalue weighted by Gasteiger charge is 2.53. The second-order valence-electron chi connectivity index (χ2n) is 12.6. The third-order valence-electron chi connectivity index (χ3n) is 8.78. The van der Waals surface area contributed by atoms with Crippen LogP contribution < -0.4 is 5.32 Å². The van der Waals surface area contributed by atoms with Crippen LogP contribution in [0.2, 0.25) is 0 Å². The number of hydrogen-bond donors (Lipinski definition) is 5. The van der Waals surface area contributed by atoms with Crippen molar-refractivity contribution in [3.8, 4) is 0 Å². The van der Waals surface area contributed by atoms with Gasteiger partial charge in [0.2, 0.25) is 5.91 Å². The van der Waals surface area contributed by atoms with E-state index < -0.39 is 53.4 Å². The summed E-state index contributed by atoms with van der Waals surface area (Å²) in [5.74, 6) is -4.24. The Bertz CT molecular complexity index is 1210. The zero-order chi connectivity index (χ0) is 34.5. The molecule has 1 amide bonds. The Balaban J connectivity index is 1.93. The molecular weight excluding hydrogens is 590 g/mol. The van der Waals surface area contributed by atoms with Crippen LogP contribution in [0.15, 0.2) is 84.6 Å². The highest BCUT2D eigenvalue weighted by atomic mass is 16.6. The number of rotatable bonds is 15. The third kappa shape index (κ3) is 11.0. The fraction of sp³-hybridized carbons (Fsp3) is 0.556. The van der Waals surface area contributed by atoms with Crippen molar-refractivity contribution < 1.29 is 44.2 Å². The van der Waals surface area contributed by atoms with Gasteiger partial charge in [0.15, 0.2) is 5.79 Å². The molecule has 0 radical (unpaired) electrons. The average Bonchev–Trinajstić information content (AvgIpc) is 3.37. The summed E-state index contributed by atoms with van der Waals surface area (Å²) >= 11 is 0. The molecule has 5 N–H and O–H groups in total. The lowest BCUT2D eigenvalue weighted by molar-refractivity contribution is -0.312. The summed E-state index contributed by atoms with van der Waals surface area (Å²) in [7, 11) is 1.62. The molecule has 0 saturated carbocycles. The molecule has 10 nitrogen and oxygen atoms in total. The Morgan fingerprint density at radius 1 is 1.04 bits per heavy atom. The summed E-state index contributed by atoms with van der Waals surface area (Å²) < 4.78 is 17.9. The highest BCUT2D eigenvalue weighted by Crippen LogP contribution is 2.43. The molecule has 0 aromatic rings. The fourth-order valence-electron chi connectivity index (χ4n) is 5.57. The monoisotopic (exact) mass is 643 g/mol. The van der Waals surface area contributed by atoms with Crippen molar-refractivity contribution in [2.24, 2.45) is 17.3 Å². The van der Waals surface area contributed by atoms with Crippen LogP contribution >= 0.6 is 0 Å². The molecule has 2 heterocycles. The number of ether oxygens (including phenoxy) is 3. The van der Waals surface area contributed by atoms with Gasteiger partial charge in [-0.05, 0) is 26.3 Å². The number of nitrogens with one attached hydrogen (secondary N) is 1. The lowest BCUT2D eigenvalue weighted by atomic mass is 9.73. The van der Waals surface area contributed by atoms with Gasteiger partial charge in [-0.1, -0.05) is 93.7 Å². The minimum atomic E-state index is -1.83. The Kier molecular flexibility index (Phi) is 15.5. The lowest BCUT2D eigenvalue weighted by Crippen LogP contribution is -2.60. The van der Waals surface area contributed by atoms with Crippen molar-refractivity contribution in [1.29, 1.82) is 0 Å². The molecule has 2 fully saturated rings. The van der Waals surface area contributed by atoms with Gasteiger partial charge in [-0.2, -0.15) is 0 Å². The van der Waals surface area contributed by atoms with Gasteiger partial charge >= 0.3 is 5.97 Å². The molecule has 0 aromatic heterocycles. The molecule has 2 aliphatic heterocycles. The van der Waals surface area contributed by atoms with Crippen LogP contribution in [0, 0.1) is 17.3 Å². The van der Waals surface area contributed by atoms with Crippen LogP contribution in [-0.4, -0.2) is 88.4 Å². The van der Waals surface area contributed by atoms with Gasteiger partial charge in [-0.3, -0.25) is 4.79 Å². The van der Waals surface area contributed by atoms with Crippen LogP contribution in [0.25, 0.3) is 0 Å². The molecule has 5 unspecified atom stereocenters. The molecule has 0 aromatic carbocycles. The van der Waals surface area contributed by atoms with E-state index in [-0.39, 0.29) is 31.1 Å². The topological polar surface area (TPSA) is 155 Å². The zero-order valence-corrected chi connectivity index (χ0v) is 28.1. The number of aliphatic hydroxyl groups is 3. The van der Waals surface area contributed by atoms with Gasteiger partial charge in [-0.15, -0.1) is 0 Å². The number of aliphatic hydroxyl groups excluding tert-OH is 2. The summed E-state index contributed by atoms with van der Waals surface area (Å²) in [5, 5.41) is 44.0. The minimum Gasteiger partial charge on any atom is -0.478 e. The van der Waals surface area contributed by atoms with Crippen LogP contribution in [0.4, 0.5) is 0 Å². The van der Waals surface area contributed by atoms with Gasteiger partial charge in [0.05, 0.1) is 36.4 Å². The predicted octanol–water partition coefficient (Wildman–Crippen LogP) is 4.16. The number of hydrogen-bond acceptors (Lipinski definition) is 8. The van der Waals surface area contributed by atoms with E-state index in [2.05, 4.69) is 5.32 Å². The molecule has 2 saturated heterocycles. The first-order chi connectivity index (χ1) is 21.7. The summed E-state index contributed by atoms with van der Waals surface area (Å²) in [6, 6.07) is 0. The van der Waals surface area contributed by atoms with E-state index in [1.54, 1.807) is 56.6 Å². The van der Waals surface area contributed by atoms with Crippen LogP contribution in [0.3, 0.4) is 0 Å². The van der Waals surface area contributed by atoms with Gasteiger partial charge in [0, 0.05) is 43.9 Å². The van der Waals surface area contributed by atoms with Crippen LogP contribution in [0.5, 0.6) is 0 Å². The first kappa shape index (κ1) is 39.1. The Morgan fingerprint density at radius 3 is 2.37 bits per heavy atom. The Morgan fingerprint density at radius 2 is 1.72 bits per heavy atom. The van der Waals surface area contributed by atoms with Gasteiger partial charge in [-0.25, -0.2) is 4.79 Å². The summed E-state index contributed by atoms with van der Waals surface area (Å²) in [6.45, 7) is 11.4. The maximum atomic E-state index is 13.0.